The molecule has 9 nitrogen and oxygen atoms in total. The van der Waals surface area contributed by atoms with Gasteiger partial charge in [-0.25, -0.2) is 19.4 Å². The lowest BCUT2D eigenvalue weighted by atomic mass is 9.97. The molecule has 3 aromatic rings. The molecular formula is C25H23FN6O3. The van der Waals surface area contributed by atoms with Gasteiger partial charge in [0, 0.05) is 31.5 Å². The van der Waals surface area contributed by atoms with Crippen LogP contribution in [0.1, 0.15) is 46.7 Å². The second-order valence-electron chi connectivity index (χ2n) is 8.68. The molecule has 178 valence electrons. The van der Waals surface area contributed by atoms with Crippen LogP contribution in [-0.4, -0.2) is 50.8 Å². The van der Waals surface area contributed by atoms with Crippen LogP contribution in [0.3, 0.4) is 0 Å². The number of nitrogens with one attached hydrogen (secondary N) is 1. The fourth-order valence-corrected chi connectivity index (χ4v) is 4.78. The summed E-state index contributed by atoms with van der Waals surface area (Å²) < 4.78 is 24.3. The second kappa shape index (κ2) is 8.86. The average molecular weight is 474 g/mol. The molecule has 2 unspecified atom stereocenters. The van der Waals surface area contributed by atoms with E-state index in [9.17, 15) is 9.18 Å². The molecule has 10 heteroatoms. The van der Waals surface area contributed by atoms with E-state index >= 15 is 0 Å². The van der Waals surface area contributed by atoms with Gasteiger partial charge in [0.1, 0.15) is 24.2 Å². The largest absolute Gasteiger partial charge is 0.459 e. The molecule has 0 spiro atoms. The van der Waals surface area contributed by atoms with E-state index in [4.69, 9.17) is 19.1 Å². The van der Waals surface area contributed by atoms with Crippen molar-refractivity contribution in [2.24, 2.45) is 4.99 Å². The number of amides is 1. The van der Waals surface area contributed by atoms with Crippen LogP contribution in [0, 0.1) is 5.82 Å². The monoisotopic (exact) mass is 474 g/mol. The minimum absolute atomic E-state index is 0.0104. The zero-order valence-electron chi connectivity index (χ0n) is 18.8. The Bertz CT molecular complexity index is 1280. The molecule has 3 aliphatic rings. The van der Waals surface area contributed by atoms with Crippen molar-refractivity contribution in [2.45, 2.75) is 31.0 Å². The van der Waals surface area contributed by atoms with Crippen molar-refractivity contribution >= 4 is 17.9 Å². The van der Waals surface area contributed by atoms with Crippen LogP contribution >= 0.6 is 0 Å². The number of halogens is 1. The maximum absolute atomic E-state index is 13.5. The number of ether oxygens (including phenoxy) is 1. The number of rotatable bonds is 5. The van der Waals surface area contributed by atoms with Crippen LogP contribution in [0.25, 0.3) is 0 Å². The molecule has 0 saturated carbocycles. The maximum atomic E-state index is 13.5. The van der Waals surface area contributed by atoms with Crippen molar-refractivity contribution in [1.82, 2.24) is 19.8 Å². The normalized spacial score (nSPS) is 23.1. The van der Waals surface area contributed by atoms with Gasteiger partial charge in [-0.15, -0.1) is 0 Å². The van der Waals surface area contributed by atoms with E-state index in [0.717, 1.165) is 24.1 Å². The van der Waals surface area contributed by atoms with Gasteiger partial charge in [0.15, 0.2) is 5.76 Å². The number of amidine groups is 1. The van der Waals surface area contributed by atoms with E-state index in [2.05, 4.69) is 10.3 Å². The van der Waals surface area contributed by atoms with E-state index in [1.54, 1.807) is 41.6 Å². The van der Waals surface area contributed by atoms with Crippen LogP contribution in [0.15, 0.2) is 76.8 Å². The van der Waals surface area contributed by atoms with Gasteiger partial charge in [0.25, 0.3) is 11.9 Å². The summed E-state index contributed by atoms with van der Waals surface area (Å²) in [5.41, 5.74) is 1.62. The maximum Gasteiger partial charge on any atom is 0.298 e. The Balaban J connectivity index is 1.21. The first-order chi connectivity index (χ1) is 17.2. The quantitative estimate of drug-likeness (QED) is 0.600. The Morgan fingerprint density at radius 2 is 2.06 bits per heavy atom. The zero-order chi connectivity index (χ0) is 23.8. The van der Waals surface area contributed by atoms with Crippen LogP contribution in [-0.2, 0) is 4.74 Å². The number of nitrogens with zero attached hydrogens (tertiary/aromatic N) is 5. The van der Waals surface area contributed by atoms with Crippen LogP contribution in [0.2, 0.25) is 0 Å². The summed E-state index contributed by atoms with van der Waals surface area (Å²) in [7, 11) is 0. The SMILES string of the molecule is O=C(c1ccco1)N1CCC[C@@H](Nc2nccc(C3C(c4ccc(F)cc4)N=C4OC=CN43)n2)C1. The standard InChI is InChI=1S/C25H23FN6O3/c26-17-7-5-16(6-8-17)21-22(32-12-14-35-25(32)30-21)19-9-10-27-24(29-19)28-18-3-1-11-31(15-18)23(33)20-4-2-13-34-20/h2,4-10,12-14,18,21-22H,1,3,11,15H2,(H,27,28,29)/t18-,21?,22?/m1/s1. The number of anilines is 1. The van der Waals surface area contributed by atoms with Gasteiger partial charge in [0.05, 0.1) is 12.0 Å². The average Bonchev–Trinajstić information content (AvgIpc) is 3.62. The molecule has 1 amide bonds. The minimum atomic E-state index is -0.311. The van der Waals surface area contributed by atoms with Crippen molar-refractivity contribution in [2.75, 3.05) is 18.4 Å². The molecule has 1 N–H and O–H groups in total. The molecule has 0 aliphatic carbocycles. The lowest BCUT2D eigenvalue weighted by Gasteiger charge is -2.32. The number of aliphatic imine (C=N–C) groups is 1. The van der Waals surface area contributed by atoms with Gasteiger partial charge in [-0.3, -0.25) is 9.69 Å². The summed E-state index contributed by atoms with van der Waals surface area (Å²) in [4.78, 5) is 30.3. The molecule has 0 bridgehead atoms. The fourth-order valence-electron chi connectivity index (χ4n) is 4.78. The smallest absolute Gasteiger partial charge is 0.298 e. The lowest BCUT2D eigenvalue weighted by molar-refractivity contribution is 0.0682. The summed E-state index contributed by atoms with van der Waals surface area (Å²) in [5.74, 6) is 0.409. The Morgan fingerprint density at radius 3 is 2.89 bits per heavy atom. The van der Waals surface area contributed by atoms with Gasteiger partial charge in [-0.1, -0.05) is 12.1 Å². The number of carbonyl (C=O) groups excluding carboxylic acids is 1. The predicted molar refractivity (Wildman–Crippen MR) is 125 cm³/mol. The highest BCUT2D eigenvalue weighted by Crippen LogP contribution is 2.43. The number of likely N-dealkylation sites (tertiary alicyclic amines) is 1. The number of aromatic nitrogens is 2. The van der Waals surface area contributed by atoms with Crippen LogP contribution in [0.4, 0.5) is 10.3 Å². The summed E-state index contributed by atoms with van der Waals surface area (Å²) in [5, 5.41) is 3.40. The van der Waals surface area contributed by atoms with Crippen molar-refractivity contribution in [3.63, 3.8) is 0 Å². The Morgan fingerprint density at radius 1 is 1.17 bits per heavy atom. The Labute approximate surface area is 200 Å². The highest BCUT2D eigenvalue weighted by molar-refractivity contribution is 5.91. The van der Waals surface area contributed by atoms with Crippen LogP contribution in [0.5, 0.6) is 0 Å². The first-order valence-electron chi connectivity index (χ1n) is 11.5. The highest BCUT2D eigenvalue weighted by Gasteiger charge is 2.41. The molecule has 1 saturated heterocycles. The summed E-state index contributed by atoms with van der Waals surface area (Å²) in [6.45, 7) is 1.21. The number of hydrogen-bond acceptors (Lipinski definition) is 8. The van der Waals surface area contributed by atoms with E-state index in [0.29, 0.717) is 30.8 Å². The fraction of sp³-hybridized carbons (Fsp3) is 0.280. The van der Waals surface area contributed by atoms with Gasteiger partial charge in [-0.05, 0) is 48.7 Å². The number of fused-ring (bicyclic) bond motifs is 1. The molecule has 1 aromatic carbocycles. The van der Waals surface area contributed by atoms with Crippen molar-refractivity contribution < 1.29 is 18.3 Å². The third-order valence-corrected chi connectivity index (χ3v) is 6.43. The molecule has 35 heavy (non-hydrogen) atoms. The molecule has 6 rings (SSSR count). The molecule has 2 aromatic heterocycles. The molecule has 3 atom stereocenters. The van der Waals surface area contributed by atoms with E-state index in [-0.39, 0.29) is 29.8 Å². The number of piperidine rings is 1. The van der Waals surface area contributed by atoms with Crippen molar-refractivity contribution in [3.8, 4) is 0 Å². The molecule has 0 radical (unpaired) electrons. The zero-order valence-corrected chi connectivity index (χ0v) is 18.8. The van der Waals surface area contributed by atoms with Gasteiger partial charge >= 0.3 is 0 Å². The van der Waals surface area contributed by atoms with E-state index < -0.39 is 0 Å². The number of carbonyl (C=O) groups is 1. The molecular weight excluding hydrogens is 451 g/mol. The van der Waals surface area contributed by atoms with Crippen molar-refractivity contribution in [3.05, 3.63) is 90.2 Å². The number of furan rings is 1. The summed E-state index contributed by atoms with van der Waals surface area (Å²) in [6.07, 6.45) is 8.38. The van der Waals surface area contributed by atoms with Gasteiger partial charge < -0.3 is 19.4 Å². The first-order valence-corrected chi connectivity index (χ1v) is 11.5. The molecule has 5 heterocycles. The molecule has 1 fully saturated rings. The Hall–Kier alpha value is -4.21. The lowest BCUT2D eigenvalue weighted by Crippen LogP contribution is -2.45. The van der Waals surface area contributed by atoms with E-state index in [1.165, 1.54) is 18.4 Å². The third kappa shape index (κ3) is 4.11. The Kier molecular flexibility index (Phi) is 5.40. The van der Waals surface area contributed by atoms with Gasteiger partial charge in [0.2, 0.25) is 5.95 Å². The van der Waals surface area contributed by atoms with Crippen molar-refractivity contribution in [1.29, 1.82) is 0 Å². The number of benzene rings is 1. The predicted octanol–water partition coefficient (Wildman–Crippen LogP) is 3.88. The van der Waals surface area contributed by atoms with E-state index in [1.807, 2.05) is 17.2 Å². The second-order valence-corrected chi connectivity index (χ2v) is 8.68. The highest BCUT2D eigenvalue weighted by atomic mass is 19.1. The molecule has 3 aliphatic heterocycles. The summed E-state index contributed by atoms with van der Waals surface area (Å²) in [6, 6.07) is 11.5. The summed E-state index contributed by atoms with van der Waals surface area (Å²) >= 11 is 0. The number of hydrogen-bond donors (Lipinski definition) is 1. The first kappa shape index (κ1) is 21.3. The van der Waals surface area contributed by atoms with Crippen LogP contribution < -0.4 is 5.32 Å². The minimum Gasteiger partial charge on any atom is -0.459 e. The van der Waals surface area contributed by atoms with Gasteiger partial charge in [-0.2, -0.15) is 0 Å². The topological polar surface area (TPSA) is 96.1 Å². The third-order valence-electron chi connectivity index (χ3n) is 6.43.